The Labute approximate surface area is 214 Å². The predicted molar refractivity (Wildman–Crippen MR) is 132 cm³/mol. The third kappa shape index (κ3) is 4.45. The molecule has 2 saturated heterocycles. The van der Waals surface area contributed by atoms with Crippen molar-refractivity contribution in [2.24, 2.45) is 0 Å². The SMILES string of the molecule is CC1(C)C(=O)N(c2ccc(C3(C(F)(F)F)CCC3)cc2)C(=O)N1Cc1ccnc(NC2CCOCC2)c1. The minimum atomic E-state index is -4.34. The standard InChI is InChI=1S/C27H31F3N4O3/c1-25(2)23(35)34(21-6-4-19(5-7-21)26(11-3-12-26)27(28,29)30)24(36)33(25)17-18-8-13-31-22(16-18)32-20-9-14-37-15-10-20/h4-8,13,16,20H,3,9-12,14-15,17H2,1-2H3,(H,31,32). The number of nitrogens with one attached hydrogen (secondary N) is 1. The summed E-state index contributed by atoms with van der Waals surface area (Å²) < 4.78 is 46.6. The third-order valence-corrected chi connectivity index (χ3v) is 7.99. The van der Waals surface area contributed by atoms with Crippen LogP contribution in [0.1, 0.15) is 57.1 Å². The highest BCUT2D eigenvalue weighted by atomic mass is 19.4. The Bertz CT molecular complexity index is 1170. The van der Waals surface area contributed by atoms with Crippen molar-refractivity contribution in [2.45, 2.75) is 75.7 Å². The topological polar surface area (TPSA) is 74.8 Å². The van der Waals surface area contributed by atoms with Gasteiger partial charge in [-0.05, 0) is 74.9 Å². The molecule has 3 aliphatic rings. The Morgan fingerprint density at radius 2 is 1.76 bits per heavy atom. The van der Waals surface area contributed by atoms with Crippen LogP contribution in [-0.4, -0.2) is 52.8 Å². The van der Waals surface area contributed by atoms with Gasteiger partial charge in [-0.25, -0.2) is 14.7 Å². The number of urea groups is 1. The van der Waals surface area contributed by atoms with Gasteiger partial charge in [-0.15, -0.1) is 0 Å². The van der Waals surface area contributed by atoms with E-state index < -0.39 is 29.1 Å². The molecule has 3 fully saturated rings. The van der Waals surface area contributed by atoms with Gasteiger partial charge in [0.2, 0.25) is 0 Å². The second-order valence-corrected chi connectivity index (χ2v) is 10.6. The fourth-order valence-corrected chi connectivity index (χ4v) is 5.41. The van der Waals surface area contributed by atoms with E-state index in [9.17, 15) is 22.8 Å². The summed E-state index contributed by atoms with van der Waals surface area (Å²) in [5.41, 5.74) is -1.72. The van der Waals surface area contributed by atoms with Crippen LogP contribution in [-0.2, 0) is 21.5 Å². The van der Waals surface area contributed by atoms with Gasteiger partial charge in [0, 0.05) is 32.0 Å². The van der Waals surface area contributed by atoms with Gasteiger partial charge >= 0.3 is 12.2 Å². The van der Waals surface area contributed by atoms with Crippen LogP contribution in [0.4, 0.5) is 29.5 Å². The zero-order chi connectivity index (χ0) is 26.4. The van der Waals surface area contributed by atoms with Gasteiger partial charge in [0.05, 0.1) is 11.1 Å². The Morgan fingerprint density at radius 1 is 1.08 bits per heavy atom. The second kappa shape index (κ2) is 9.31. The zero-order valence-electron chi connectivity index (χ0n) is 21.0. The molecule has 2 aliphatic heterocycles. The number of alkyl halides is 3. The summed E-state index contributed by atoms with van der Waals surface area (Å²) in [7, 11) is 0. The van der Waals surface area contributed by atoms with Gasteiger partial charge in [-0.2, -0.15) is 13.2 Å². The summed E-state index contributed by atoms with van der Waals surface area (Å²) in [6.45, 7) is 4.94. The van der Waals surface area contributed by atoms with E-state index in [1.54, 1.807) is 26.1 Å². The van der Waals surface area contributed by atoms with E-state index in [0.29, 0.717) is 25.5 Å². The molecular formula is C27H31F3N4O3. The summed E-state index contributed by atoms with van der Waals surface area (Å²) in [5.74, 6) is 0.274. The lowest BCUT2D eigenvalue weighted by Crippen LogP contribution is -2.47. The van der Waals surface area contributed by atoms with Crippen molar-refractivity contribution in [1.29, 1.82) is 0 Å². The van der Waals surface area contributed by atoms with Gasteiger partial charge in [-0.1, -0.05) is 18.6 Å². The average molecular weight is 517 g/mol. The zero-order valence-corrected chi connectivity index (χ0v) is 21.0. The van der Waals surface area contributed by atoms with Gasteiger partial charge in [0.15, 0.2) is 0 Å². The van der Waals surface area contributed by atoms with Crippen LogP contribution in [0.2, 0.25) is 0 Å². The van der Waals surface area contributed by atoms with Crippen LogP contribution < -0.4 is 10.2 Å². The van der Waals surface area contributed by atoms with Crippen LogP contribution >= 0.6 is 0 Å². The Morgan fingerprint density at radius 3 is 2.35 bits per heavy atom. The Balaban J connectivity index is 1.34. The fourth-order valence-electron chi connectivity index (χ4n) is 5.41. The highest BCUT2D eigenvalue weighted by Crippen LogP contribution is 2.54. The molecule has 1 N–H and O–H groups in total. The van der Waals surface area contributed by atoms with Crippen molar-refractivity contribution in [3.63, 3.8) is 0 Å². The summed E-state index contributed by atoms with van der Waals surface area (Å²) >= 11 is 0. The lowest BCUT2D eigenvalue weighted by Gasteiger charge is -2.43. The quantitative estimate of drug-likeness (QED) is 0.520. The highest BCUT2D eigenvalue weighted by molar-refractivity contribution is 6.22. The minimum absolute atomic E-state index is 0.0511. The number of hydrogen-bond donors (Lipinski definition) is 1. The number of nitrogens with zero attached hydrogens (tertiary/aromatic N) is 3. The maximum atomic E-state index is 13.7. The van der Waals surface area contributed by atoms with Crippen molar-refractivity contribution < 1.29 is 27.5 Å². The van der Waals surface area contributed by atoms with E-state index in [0.717, 1.165) is 23.3 Å². The van der Waals surface area contributed by atoms with E-state index in [4.69, 9.17) is 4.74 Å². The molecule has 0 atom stereocenters. The second-order valence-electron chi connectivity index (χ2n) is 10.6. The van der Waals surface area contributed by atoms with Gasteiger partial charge in [-0.3, -0.25) is 4.79 Å². The molecule has 5 rings (SSSR count). The lowest BCUT2D eigenvalue weighted by molar-refractivity contribution is -0.212. The third-order valence-electron chi connectivity index (χ3n) is 7.99. The van der Waals surface area contributed by atoms with Gasteiger partial charge in [0.25, 0.3) is 5.91 Å². The highest BCUT2D eigenvalue weighted by Gasteiger charge is 2.59. The number of rotatable bonds is 6. The van der Waals surface area contributed by atoms with Crippen LogP contribution in [0.25, 0.3) is 0 Å². The van der Waals surface area contributed by atoms with Crippen molar-refractivity contribution in [3.8, 4) is 0 Å². The largest absolute Gasteiger partial charge is 0.398 e. The molecule has 3 heterocycles. The van der Waals surface area contributed by atoms with Gasteiger partial charge in [0.1, 0.15) is 11.4 Å². The van der Waals surface area contributed by atoms with E-state index in [1.807, 2.05) is 6.07 Å². The average Bonchev–Trinajstić information content (AvgIpc) is 2.98. The number of imide groups is 1. The first-order valence-corrected chi connectivity index (χ1v) is 12.7. The van der Waals surface area contributed by atoms with E-state index >= 15 is 0 Å². The number of carbonyl (C=O) groups is 2. The van der Waals surface area contributed by atoms with E-state index in [1.165, 1.54) is 29.2 Å². The molecule has 2 aromatic rings. The number of ether oxygens (including phenoxy) is 1. The molecule has 1 aromatic carbocycles. The van der Waals surface area contributed by atoms with E-state index in [-0.39, 0.29) is 36.7 Å². The summed E-state index contributed by atoms with van der Waals surface area (Å²) in [5, 5.41) is 3.41. The van der Waals surface area contributed by atoms with E-state index in [2.05, 4.69) is 10.3 Å². The van der Waals surface area contributed by atoms with Crippen LogP contribution in [0, 0.1) is 0 Å². The van der Waals surface area contributed by atoms with Crippen LogP contribution in [0.3, 0.4) is 0 Å². The molecular weight excluding hydrogens is 485 g/mol. The molecule has 0 spiro atoms. The molecule has 0 unspecified atom stereocenters. The summed E-state index contributed by atoms with van der Waals surface area (Å²) in [6, 6.07) is 9.11. The summed E-state index contributed by atoms with van der Waals surface area (Å²) in [6.07, 6.45) is -0.278. The monoisotopic (exact) mass is 516 g/mol. The fraction of sp³-hybridized carbons (Fsp3) is 0.519. The van der Waals surface area contributed by atoms with Crippen molar-refractivity contribution in [1.82, 2.24) is 9.88 Å². The maximum Gasteiger partial charge on any atom is 0.398 e. The van der Waals surface area contributed by atoms with Crippen molar-refractivity contribution in [3.05, 3.63) is 53.7 Å². The molecule has 198 valence electrons. The first kappa shape index (κ1) is 25.5. The number of anilines is 2. The van der Waals surface area contributed by atoms with Crippen molar-refractivity contribution in [2.75, 3.05) is 23.4 Å². The smallest absolute Gasteiger partial charge is 0.381 e. The lowest BCUT2D eigenvalue weighted by atomic mass is 9.64. The Hall–Kier alpha value is -3.14. The number of aromatic nitrogens is 1. The molecule has 1 aliphatic carbocycles. The number of pyridine rings is 1. The first-order valence-electron chi connectivity index (χ1n) is 12.7. The number of carbonyl (C=O) groups excluding carboxylic acids is 2. The number of hydrogen-bond acceptors (Lipinski definition) is 5. The molecule has 0 radical (unpaired) electrons. The number of amides is 3. The summed E-state index contributed by atoms with van der Waals surface area (Å²) in [4.78, 5) is 33.7. The first-order chi connectivity index (χ1) is 17.5. The molecule has 3 amide bonds. The molecule has 10 heteroatoms. The Kier molecular flexibility index (Phi) is 6.42. The number of benzene rings is 1. The molecule has 37 heavy (non-hydrogen) atoms. The molecule has 7 nitrogen and oxygen atoms in total. The predicted octanol–water partition coefficient (Wildman–Crippen LogP) is 5.40. The van der Waals surface area contributed by atoms with Crippen LogP contribution in [0.15, 0.2) is 42.6 Å². The minimum Gasteiger partial charge on any atom is -0.381 e. The van der Waals surface area contributed by atoms with Crippen molar-refractivity contribution >= 4 is 23.4 Å². The molecule has 0 bridgehead atoms. The maximum absolute atomic E-state index is 13.7. The number of halogens is 3. The molecule has 1 aromatic heterocycles. The van der Waals surface area contributed by atoms with Gasteiger partial charge < -0.3 is 15.0 Å². The normalized spacial score (nSPS) is 21.8. The van der Waals surface area contributed by atoms with Crippen LogP contribution in [0.5, 0.6) is 0 Å². The molecule has 1 saturated carbocycles.